The zero-order valence-corrected chi connectivity index (χ0v) is 12.3. The van der Waals surface area contributed by atoms with Crippen molar-refractivity contribution in [2.45, 2.75) is 26.0 Å². The first-order valence-electron chi connectivity index (χ1n) is 6.51. The van der Waals surface area contributed by atoms with Crippen molar-refractivity contribution in [3.05, 3.63) is 39.4 Å². The Morgan fingerprint density at radius 3 is 2.95 bits per heavy atom. The summed E-state index contributed by atoms with van der Waals surface area (Å²) >= 11 is 5.87. The van der Waals surface area contributed by atoms with Crippen molar-refractivity contribution in [1.29, 1.82) is 0 Å². The highest BCUT2D eigenvalue weighted by molar-refractivity contribution is 6.31. The third-order valence-corrected chi connectivity index (χ3v) is 3.30. The number of rotatable bonds is 5. The van der Waals surface area contributed by atoms with Crippen LogP contribution in [-0.4, -0.2) is 39.7 Å². The van der Waals surface area contributed by atoms with Crippen LogP contribution in [0.25, 0.3) is 10.9 Å². The summed E-state index contributed by atoms with van der Waals surface area (Å²) in [6, 6.07) is 5.08. The van der Waals surface area contributed by atoms with Crippen LogP contribution in [0.4, 0.5) is 0 Å². The summed E-state index contributed by atoms with van der Waals surface area (Å²) in [5.74, 6) is 0.609. The van der Waals surface area contributed by atoms with Gasteiger partial charge in [0.1, 0.15) is 5.82 Å². The molecule has 6 heteroatoms. The summed E-state index contributed by atoms with van der Waals surface area (Å²) in [6.45, 7) is 3.02. The third-order valence-electron chi connectivity index (χ3n) is 3.06. The predicted octanol–water partition coefficient (Wildman–Crippen LogP) is 1.78. The van der Waals surface area contributed by atoms with Gasteiger partial charge >= 0.3 is 0 Å². The van der Waals surface area contributed by atoms with Crippen LogP contribution in [-0.2, 0) is 6.54 Å². The van der Waals surface area contributed by atoms with E-state index >= 15 is 0 Å². The van der Waals surface area contributed by atoms with E-state index in [0.717, 1.165) is 6.54 Å². The maximum atomic E-state index is 12.0. The Balaban J connectivity index is 2.19. The van der Waals surface area contributed by atoms with Crippen molar-refractivity contribution in [1.82, 2.24) is 14.9 Å². The van der Waals surface area contributed by atoms with E-state index in [1.165, 1.54) is 0 Å². The lowest BCUT2D eigenvalue weighted by molar-refractivity contribution is 0.162. The molecule has 2 N–H and O–H groups in total. The van der Waals surface area contributed by atoms with Crippen molar-refractivity contribution < 1.29 is 5.11 Å². The number of H-pyrrole nitrogens is 1. The molecule has 0 aliphatic rings. The number of fused-ring (bicyclic) bond motifs is 1. The van der Waals surface area contributed by atoms with Crippen LogP contribution in [0.2, 0.25) is 5.02 Å². The summed E-state index contributed by atoms with van der Waals surface area (Å²) in [6.07, 6.45) is 0.354. The lowest BCUT2D eigenvalue weighted by Crippen LogP contribution is -2.25. The van der Waals surface area contributed by atoms with Crippen molar-refractivity contribution in [3.63, 3.8) is 0 Å². The van der Waals surface area contributed by atoms with Gasteiger partial charge in [-0.3, -0.25) is 9.69 Å². The van der Waals surface area contributed by atoms with E-state index in [1.807, 2.05) is 11.9 Å². The molecule has 0 aliphatic heterocycles. The quantitative estimate of drug-likeness (QED) is 0.882. The van der Waals surface area contributed by atoms with Gasteiger partial charge in [0.2, 0.25) is 0 Å². The second-order valence-electron chi connectivity index (χ2n) is 5.05. The van der Waals surface area contributed by atoms with E-state index in [0.29, 0.717) is 34.7 Å². The van der Waals surface area contributed by atoms with Crippen LogP contribution >= 0.6 is 11.6 Å². The summed E-state index contributed by atoms with van der Waals surface area (Å²) in [5.41, 5.74) is 0.452. The Morgan fingerprint density at radius 2 is 2.25 bits per heavy atom. The molecule has 0 spiro atoms. The van der Waals surface area contributed by atoms with Crippen LogP contribution in [0.5, 0.6) is 0 Å². The molecule has 0 bridgehead atoms. The topological polar surface area (TPSA) is 69.2 Å². The van der Waals surface area contributed by atoms with Crippen LogP contribution in [0.1, 0.15) is 19.2 Å². The first kappa shape index (κ1) is 15.0. The standard InChI is InChI=1S/C14H18ClN3O2/c1-9(19)5-6-18(2)8-13-16-12-4-3-10(15)7-11(12)14(20)17-13/h3-4,7,9,19H,5-6,8H2,1-2H3,(H,16,17,20). The van der Waals surface area contributed by atoms with Crippen molar-refractivity contribution in [2.24, 2.45) is 0 Å². The Hall–Kier alpha value is -1.43. The fourth-order valence-electron chi connectivity index (χ4n) is 1.98. The lowest BCUT2D eigenvalue weighted by atomic mass is 10.2. The molecule has 0 radical (unpaired) electrons. The predicted molar refractivity (Wildman–Crippen MR) is 80.0 cm³/mol. The number of aliphatic hydroxyl groups excluding tert-OH is 1. The second kappa shape index (κ2) is 6.35. The molecule has 20 heavy (non-hydrogen) atoms. The highest BCUT2D eigenvalue weighted by Crippen LogP contribution is 2.14. The van der Waals surface area contributed by atoms with Crippen molar-refractivity contribution in [3.8, 4) is 0 Å². The Labute approximate surface area is 122 Å². The van der Waals surface area contributed by atoms with Crippen LogP contribution in [0.15, 0.2) is 23.0 Å². The molecule has 1 heterocycles. The molecule has 1 aromatic carbocycles. The van der Waals surface area contributed by atoms with E-state index in [-0.39, 0.29) is 11.7 Å². The Bertz CT molecular complexity index is 654. The Kier molecular flexibility index (Phi) is 4.75. The molecule has 0 saturated carbocycles. The molecule has 1 atom stereocenters. The monoisotopic (exact) mass is 295 g/mol. The molecule has 1 unspecified atom stereocenters. The average molecular weight is 296 g/mol. The van der Waals surface area contributed by atoms with E-state index in [4.69, 9.17) is 11.6 Å². The number of aromatic nitrogens is 2. The van der Waals surface area contributed by atoms with Gasteiger partial charge in [-0.05, 0) is 38.6 Å². The summed E-state index contributed by atoms with van der Waals surface area (Å²) < 4.78 is 0. The molecule has 1 aromatic heterocycles. The fourth-order valence-corrected chi connectivity index (χ4v) is 2.15. The maximum absolute atomic E-state index is 12.0. The highest BCUT2D eigenvalue weighted by Gasteiger charge is 2.08. The summed E-state index contributed by atoms with van der Waals surface area (Å²) in [4.78, 5) is 21.2. The molecule has 2 rings (SSSR count). The lowest BCUT2D eigenvalue weighted by Gasteiger charge is -2.16. The number of benzene rings is 1. The van der Waals surface area contributed by atoms with Crippen molar-refractivity contribution in [2.75, 3.05) is 13.6 Å². The van der Waals surface area contributed by atoms with E-state index in [1.54, 1.807) is 25.1 Å². The third kappa shape index (κ3) is 3.79. The molecule has 0 saturated heterocycles. The molecular weight excluding hydrogens is 278 g/mol. The maximum Gasteiger partial charge on any atom is 0.258 e. The first-order valence-corrected chi connectivity index (χ1v) is 6.88. The minimum atomic E-state index is -0.330. The van der Waals surface area contributed by atoms with Gasteiger partial charge in [0.25, 0.3) is 5.56 Å². The molecule has 0 aliphatic carbocycles. The van der Waals surface area contributed by atoms with E-state index < -0.39 is 0 Å². The van der Waals surface area contributed by atoms with Gasteiger partial charge < -0.3 is 10.1 Å². The van der Waals surface area contributed by atoms with Gasteiger partial charge in [-0.2, -0.15) is 0 Å². The van der Waals surface area contributed by atoms with Crippen LogP contribution in [0, 0.1) is 0 Å². The number of nitrogens with zero attached hydrogens (tertiary/aromatic N) is 2. The zero-order chi connectivity index (χ0) is 14.7. The Morgan fingerprint density at radius 1 is 1.50 bits per heavy atom. The summed E-state index contributed by atoms with van der Waals surface area (Å²) in [7, 11) is 1.93. The van der Waals surface area contributed by atoms with Crippen LogP contribution in [0.3, 0.4) is 0 Å². The number of aromatic amines is 1. The smallest absolute Gasteiger partial charge is 0.258 e. The minimum absolute atomic E-state index is 0.184. The first-order chi connectivity index (χ1) is 9.45. The number of halogens is 1. The number of hydrogen-bond donors (Lipinski definition) is 2. The zero-order valence-electron chi connectivity index (χ0n) is 11.6. The average Bonchev–Trinajstić information content (AvgIpc) is 2.37. The number of nitrogens with one attached hydrogen (secondary N) is 1. The molecule has 0 amide bonds. The molecule has 108 valence electrons. The second-order valence-corrected chi connectivity index (χ2v) is 5.49. The van der Waals surface area contributed by atoms with Gasteiger partial charge in [-0.1, -0.05) is 11.6 Å². The normalized spacial score (nSPS) is 13.1. The minimum Gasteiger partial charge on any atom is -0.393 e. The molecule has 0 fully saturated rings. The highest BCUT2D eigenvalue weighted by atomic mass is 35.5. The molecule has 5 nitrogen and oxygen atoms in total. The van der Waals surface area contributed by atoms with E-state index in [9.17, 15) is 9.90 Å². The van der Waals surface area contributed by atoms with Crippen molar-refractivity contribution >= 4 is 22.5 Å². The van der Waals surface area contributed by atoms with Crippen LogP contribution < -0.4 is 5.56 Å². The largest absolute Gasteiger partial charge is 0.393 e. The van der Waals surface area contributed by atoms with Gasteiger partial charge in [0.05, 0.1) is 23.6 Å². The van der Waals surface area contributed by atoms with Gasteiger partial charge in [0.15, 0.2) is 0 Å². The van der Waals surface area contributed by atoms with Gasteiger partial charge in [-0.25, -0.2) is 4.98 Å². The molecule has 2 aromatic rings. The number of aliphatic hydroxyl groups is 1. The van der Waals surface area contributed by atoms with E-state index in [2.05, 4.69) is 9.97 Å². The number of hydrogen-bond acceptors (Lipinski definition) is 4. The fraction of sp³-hybridized carbons (Fsp3) is 0.429. The van der Waals surface area contributed by atoms with Gasteiger partial charge in [0, 0.05) is 11.6 Å². The van der Waals surface area contributed by atoms with Gasteiger partial charge in [-0.15, -0.1) is 0 Å². The SMILES string of the molecule is CC(O)CCN(C)Cc1nc2ccc(Cl)cc2c(=O)[nH]1. The molecular formula is C14H18ClN3O2. The summed E-state index contributed by atoms with van der Waals surface area (Å²) in [5, 5.41) is 10.3.